The van der Waals surface area contributed by atoms with Crippen LogP contribution in [0.25, 0.3) is 0 Å². The van der Waals surface area contributed by atoms with Crippen LogP contribution in [0.15, 0.2) is 30.9 Å². The molecule has 0 fully saturated rings. The van der Waals surface area contributed by atoms with E-state index in [0.717, 1.165) is 31.6 Å². The number of hydrogen-bond acceptors (Lipinski definition) is 5. The Morgan fingerprint density at radius 3 is 3.00 bits per heavy atom. The van der Waals surface area contributed by atoms with E-state index in [0.29, 0.717) is 18.9 Å². The minimum absolute atomic E-state index is 0.101. The van der Waals surface area contributed by atoms with Gasteiger partial charge in [0, 0.05) is 56.8 Å². The Bertz CT molecular complexity index is 612. The van der Waals surface area contributed by atoms with Crippen molar-refractivity contribution in [2.75, 3.05) is 11.9 Å². The standard InChI is InChI=1S/C15H20N6O/c22-14(3-1-6-17-15-18-7-2-8-19-15)20-12-4-5-13-16-9-10-21(13)11-12/h2,7-10,12H,1,3-6,11H2,(H,20,22)(H,17,18,19). The van der Waals surface area contributed by atoms with Gasteiger partial charge in [0.1, 0.15) is 5.82 Å². The van der Waals surface area contributed by atoms with Gasteiger partial charge in [-0.2, -0.15) is 0 Å². The van der Waals surface area contributed by atoms with Crippen molar-refractivity contribution in [2.45, 2.75) is 38.3 Å². The fraction of sp³-hybridized carbons (Fsp3) is 0.467. The highest BCUT2D eigenvalue weighted by molar-refractivity contribution is 5.76. The zero-order chi connectivity index (χ0) is 15.2. The molecule has 22 heavy (non-hydrogen) atoms. The van der Waals surface area contributed by atoms with Gasteiger partial charge in [0.05, 0.1) is 0 Å². The molecule has 7 nitrogen and oxygen atoms in total. The molecule has 0 aliphatic carbocycles. The molecule has 2 aromatic heterocycles. The van der Waals surface area contributed by atoms with E-state index < -0.39 is 0 Å². The zero-order valence-electron chi connectivity index (χ0n) is 12.4. The van der Waals surface area contributed by atoms with Crippen LogP contribution in [0.5, 0.6) is 0 Å². The van der Waals surface area contributed by atoms with Gasteiger partial charge in [0.25, 0.3) is 0 Å². The molecule has 0 radical (unpaired) electrons. The summed E-state index contributed by atoms with van der Waals surface area (Å²) in [7, 11) is 0. The number of fused-ring (bicyclic) bond motifs is 1. The summed E-state index contributed by atoms with van der Waals surface area (Å²) in [5.41, 5.74) is 0. The van der Waals surface area contributed by atoms with Crippen LogP contribution in [0.3, 0.4) is 0 Å². The Labute approximate surface area is 129 Å². The molecule has 3 rings (SSSR count). The third-order valence-corrected chi connectivity index (χ3v) is 3.73. The van der Waals surface area contributed by atoms with Crippen molar-refractivity contribution >= 4 is 11.9 Å². The van der Waals surface area contributed by atoms with Crippen LogP contribution in [-0.2, 0) is 17.8 Å². The summed E-state index contributed by atoms with van der Waals surface area (Å²) in [6.45, 7) is 1.50. The number of carbonyl (C=O) groups excluding carboxylic acids is 1. The largest absolute Gasteiger partial charge is 0.354 e. The first-order valence-corrected chi connectivity index (χ1v) is 7.61. The number of rotatable bonds is 6. The molecule has 1 atom stereocenters. The van der Waals surface area contributed by atoms with E-state index in [1.54, 1.807) is 18.5 Å². The van der Waals surface area contributed by atoms with Gasteiger partial charge in [-0.15, -0.1) is 0 Å². The van der Waals surface area contributed by atoms with Gasteiger partial charge in [-0.3, -0.25) is 4.79 Å². The average molecular weight is 300 g/mol. The molecule has 1 aliphatic heterocycles. The van der Waals surface area contributed by atoms with Crippen LogP contribution < -0.4 is 10.6 Å². The van der Waals surface area contributed by atoms with E-state index in [9.17, 15) is 4.79 Å². The highest BCUT2D eigenvalue weighted by atomic mass is 16.1. The molecule has 0 aromatic carbocycles. The molecule has 0 saturated heterocycles. The highest BCUT2D eigenvalue weighted by Gasteiger charge is 2.19. The monoisotopic (exact) mass is 300 g/mol. The number of nitrogens with one attached hydrogen (secondary N) is 2. The van der Waals surface area contributed by atoms with Gasteiger partial charge in [-0.1, -0.05) is 0 Å². The lowest BCUT2D eigenvalue weighted by Gasteiger charge is -2.24. The van der Waals surface area contributed by atoms with Gasteiger partial charge in [0.2, 0.25) is 11.9 Å². The maximum atomic E-state index is 12.0. The molecular weight excluding hydrogens is 280 g/mol. The van der Waals surface area contributed by atoms with Crippen LogP contribution in [-0.4, -0.2) is 38.0 Å². The Balaban J connectivity index is 1.35. The number of aromatic nitrogens is 4. The first kappa shape index (κ1) is 14.5. The maximum Gasteiger partial charge on any atom is 0.222 e. The van der Waals surface area contributed by atoms with Gasteiger partial charge in [0.15, 0.2) is 0 Å². The summed E-state index contributed by atoms with van der Waals surface area (Å²) in [6.07, 6.45) is 10.3. The van der Waals surface area contributed by atoms with Crippen molar-refractivity contribution in [1.29, 1.82) is 0 Å². The molecule has 1 unspecified atom stereocenters. The summed E-state index contributed by atoms with van der Waals surface area (Å²) >= 11 is 0. The van der Waals surface area contributed by atoms with Crippen molar-refractivity contribution in [3.05, 3.63) is 36.7 Å². The molecule has 3 heterocycles. The third-order valence-electron chi connectivity index (χ3n) is 3.73. The molecule has 2 aromatic rings. The van der Waals surface area contributed by atoms with Crippen LogP contribution in [0.1, 0.15) is 25.1 Å². The first-order valence-electron chi connectivity index (χ1n) is 7.61. The molecule has 2 N–H and O–H groups in total. The number of carbonyl (C=O) groups is 1. The van der Waals surface area contributed by atoms with E-state index in [2.05, 4.69) is 30.2 Å². The van der Waals surface area contributed by atoms with Gasteiger partial charge < -0.3 is 15.2 Å². The van der Waals surface area contributed by atoms with Crippen LogP contribution in [0, 0.1) is 0 Å². The number of anilines is 1. The SMILES string of the molecule is O=C(CCCNc1ncccn1)NC1CCc2nccn2C1. The predicted molar refractivity (Wildman–Crippen MR) is 82.2 cm³/mol. The molecular formula is C15H20N6O. The van der Waals surface area contributed by atoms with Crippen LogP contribution in [0.2, 0.25) is 0 Å². The maximum absolute atomic E-state index is 12.0. The minimum atomic E-state index is 0.101. The number of imidazole rings is 1. The number of hydrogen-bond donors (Lipinski definition) is 2. The zero-order valence-corrected chi connectivity index (χ0v) is 12.4. The Morgan fingerprint density at radius 2 is 2.14 bits per heavy atom. The topological polar surface area (TPSA) is 84.7 Å². The average Bonchev–Trinajstić information content (AvgIpc) is 3.00. The molecule has 1 aliphatic rings. The van der Waals surface area contributed by atoms with E-state index in [1.807, 2.05) is 12.4 Å². The summed E-state index contributed by atoms with van der Waals surface area (Å²) in [5.74, 6) is 1.81. The Kier molecular flexibility index (Phi) is 4.62. The van der Waals surface area contributed by atoms with Crippen molar-refractivity contribution in [3.8, 4) is 0 Å². The van der Waals surface area contributed by atoms with Gasteiger partial charge >= 0.3 is 0 Å². The highest BCUT2D eigenvalue weighted by Crippen LogP contribution is 2.13. The third kappa shape index (κ3) is 3.81. The van der Waals surface area contributed by atoms with Gasteiger partial charge in [-0.05, 0) is 18.9 Å². The molecule has 7 heteroatoms. The van der Waals surface area contributed by atoms with Crippen LogP contribution in [0.4, 0.5) is 5.95 Å². The minimum Gasteiger partial charge on any atom is -0.354 e. The summed E-state index contributed by atoms with van der Waals surface area (Å²) in [6, 6.07) is 1.98. The smallest absolute Gasteiger partial charge is 0.222 e. The molecule has 0 spiro atoms. The predicted octanol–water partition coefficient (Wildman–Crippen LogP) is 0.996. The second-order valence-corrected chi connectivity index (χ2v) is 5.40. The van der Waals surface area contributed by atoms with E-state index in [-0.39, 0.29) is 11.9 Å². The van der Waals surface area contributed by atoms with E-state index in [4.69, 9.17) is 0 Å². The van der Waals surface area contributed by atoms with E-state index >= 15 is 0 Å². The number of aryl methyl sites for hydroxylation is 1. The normalized spacial score (nSPS) is 16.8. The van der Waals surface area contributed by atoms with Crippen LogP contribution >= 0.6 is 0 Å². The first-order chi connectivity index (χ1) is 10.8. The summed E-state index contributed by atoms with van der Waals surface area (Å²) in [5, 5.41) is 6.20. The lowest BCUT2D eigenvalue weighted by Crippen LogP contribution is -2.40. The summed E-state index contributed by atoms with van der Waals surface area (Å²) in [4.78, 5) is 24.4. The Hall–Kier alpha value is -2.44. The quantitative estimate of drug-likeness (QED) is 0.777. The molecule has 0 saturated carbocycles. The lowest BCUT2D eigenvalue weighted by molar-refractivity contribution is -0.122. The number of nitrogens with zero attached hydrogens (tertiary/aromatic N) is 4. The summed E-state index contributed by atoms with van der Waals surface area (Å²) < 4.78 is 2.11. The second kappa shape index (κ2) is 7.02. The van der Waals surface area contributed by atoms with Crippen molar-refractivity contribution < 1.29 is 4.79 Å². The van der Waals surface area contributed by atoms with Crippen molar-refractivity contribution in [3.63, 3.8) is 0 Å². The van der Waals surface area contributed by atoms with Crippen molar-refractivity contribution in [2.24, 2.45) is 0 Å². The van der Waals surface area contributed by atoms with Crippen molar-refractivity contribution in [1.82, 2.24) is 24.8 Å². The fourth-order valence-corrected chi connectivity index (χ4v) is 2.62. The van der Waals surface area contributed by atoms with Gasteiger partial charge in [-0.25, -0.2) is 15.0 Å². The fourth-order valence-electron chi connectivity index (χ4n) is 2.62. The second-order valence-electron chi connectivity index (χ2n) is 5.40. The molecule has 116 valence electrons. The number of amides is 1. The van der Waals surface area contributed by atoms with E-state index in [1.165, 1.54) is 0 Å². The Morgan fingerprint density at radius 1 is 1.27 bits per heavy atom. The molecule has 0 bridgehead atoms. The molecule has 1 amide bonds. The lowest BCUT2D eigenvalue weighted by atomic mass is 10.1.